The first-order chi connectivity index (χ1) is 14.2. The topological polar surface area (TPSA) is 71.5 Å². The number of benzene rings is 1. The van der Waals surface area contributed by atoms with Gasteiger partial charge in [-0.05, 0) is 23.6 Å². The van der Waals surface area contributed by atoms with E-state index in [1.807, 2.05) is 47.4 Å². The number of carbonyl (C=O) groups excluding carboxylic acids is 2. The summed E-state index contributed by atoms with van der Waals surface area (Å²) >= 11 is 0. The Labute approximate surface area is 169 Å². The third kappa shape index (κ3) is 3.13. The van der Waals surface area contributed by atoms with Crippen LogP contribution in [0.15, 0.2) is 67.0 Å². The maximum Gasteiger partial charge on any atom is 0.230 e. The van der Waals surface area contributed by atoms with Crippen molar-refractivity contribution in [2.24, 2.45) is 11.8 Å². The second kappa shape index (κ2) is 7.12. The highest BCUT2D eigenvalue weighted by atomic mass is 16.5. The number of rotatable bonds is 6. The third-order valence-electron chi connectivity index (χ3n) is 6.18. The third-order valence-corrected chi connectivity index (χ3v) is 6.18. The normalized spacial score (nSPS) is 29.3. The fourth-order valence-electron chi connectivity index (χ4n) is 4.79. The molecule has 3 aliphatic heterocycles. The molecule has 2 aromatic rings. The van der Waals surface area contributed by atoms with Crippen LogP contribution < -0.4 is 5.32 Å². The number of ether oxygens (including phenoxy) is 1. The Morgan fingerprint density at radius 3 is 2.83 bits per heavy atom. The maximum atomic E-state index is 13.2. The summed E-state index contributed by atoms with van der Waals surface area (Å²) in [4.78, 5) is 32.1. The van der Waals surface area contributed by atoms with Crippen molar-refractivity contribution in [3.63, 3.8) is 0 Å². The van der Waals surface area contributed by atoms with Gasteiger partial charge in [0.25, 0.3) is 0 Å². The lowest BCUT2D eigenvalue weighted by atomic mass is 9.77. The van der Waals surface area contributed by atoms with Crippen molar-refractivity contribution in [1.29, 1.82) is 0 Å². The first-order valence-corrected chi connectivity index (χ1v) is 10.0. The van der Waals surface area contributed by atoms with E-state index in [-0.39, 0.29) is 17.9 Å². The summed E-state index contributed by atoms with van der Waals surface area (Å²) in [7, 11) is 0. The van der Waals surface area contributed by atoms with Gasteiger partial charge in [-0.25, -0.2) is 0 Å². The average molecular weight is 389 g/mol. The molecule has 2 bridgehead atoms. The lowest BCUT2D eigenvalue weighted by molar-refractivity contribution is -0.137. The van der Waals surface area contributed by atoms with Crippen LogP contribution in [0.1, 0.15) is 11.1 Å². The molecule has 1 aromatic heterocycles. The molecule has 0 aliphatic carbocycles. The Morgan fingerprint density at radius 1 is 1.21 bits per heavy atom. The summed E-state index contributed by atoms with van der Waals surface area (Å²) in [6, 6.07) is 13.9. The Hall–Kier alpha value is -2.99. The number of amides is 2. The van der Waals surface area contributed by atoms with E-state index >= 15 is 0 Å². The Morgan fingerprint density at radius 2 is 2.03 bits per heavy atom. The molecule has 1 spiro atoms. The molecule has 1 N–H and O–H groups in total. The zero-order valence-electron chi connectivity index (χ0n) is 16.0. The van der Waals surface area contributed by atoms with Gasteiger partial charge in [-0.2, -0.15) is 0 Å². The van der Waals surface area contributed by atoms with Gasteiger partial charge in [-0.15, -0.1) is 0 Å². The lowest BCUT2D eigenvalue weighted by Gasteiger charge is -2.23. The number of hydrogen-bond acceptors (Lipinski definition) is 4. The molecule has 6 heteroatoms. The van der Waals surface area contributed by atoms with Crippen molar-refractivity contribution in [2.75, 3.05) is 13.1 Å². The van der Waals surface area contributed by atoms with Gasteiger partial charge < -0.3 is 15.0 Å². The smallest absolute Gasteiger partial charge is 0.230 e. The van der Waals surface area contributed by atoms with Gasteiger partial charge >= 0.3 is 0 Å². The molecule has 2 fully saturated rings. The predicted octanol–water partition coefficient (Wildman–Crippen LogP) is 1.72. The molecule has 29 heavy (non-hydrogen) atoms. The van der Waals surface area contributed by atoms with Crippen LogP contribution in [0.25, 0.3) is 0 Å². The van der Waals surface area contributed by atoms with Gasteiger partial charge in [-0.1, -0.05) is 48.6 Å². The molecular weight excluding hydrogens is 366 g/mol. The van der Waals surface area contributed by atoms with E-state index in [4.69, 9.17) is 4.74 Å². The quantitative estimate of drug-likeness (QED) is 0.764. The van der Waals surface area contributed by atoms with Crippen LogP contribution in [-0.2, 0) is 27.3 Å². The van der Waals surface area contributed by atoms with Crippen LogP contribution in [0, 0.1) is 11.8 Å². The highest BCUT2D eigenvalue weighted by molar-refractivity contribution is 5.93. The molecule has 5 rings (SSSR count). The van der Waals surface area contributed by atoms with E-state index in [1.54, 1.807) is 12.4 Å². The summed E-state index contributed by atoms with van der Waals surface area (Å²) < 4.78 is 6.18. The largest absolute Gasteiger partial charge is 0.360 e. The Balaban J connectivity index is 1.28. The molecule has 0 radical (unpaired) electrons. The molecule has 148 valence electrons. The predicted molar refractivity (Wildman–Crippen MR) is 107 cm³/mol. The summed E-state index contributed by atoms with van der Waals surface area (Å²) in [5.41, 5.74) is 1.47. The molecule has 6 nitrogen and oxygen atoms in total. The summed E-state index contributed by atoms with van der Waals surface area (Å²) in [5.74, 6) is -1.03. The van der Waals surface area contributed by atoms with Gasteiger partial charge in [0, 0.05) is 25.5 Å². The molecule has 2 amide bonds. The summed E-state index contributed by atoms with van der Waals surface area (Å²) in [6.07, 6.45) is 7.83. The number of pyridine rings is 1. The van der Waals surface area contributed by atoms with E-state index in [0.717, 1.165) is 12.0 Å². The van der Waals surface area contributed by atoms with Crippen molar-refractivity contribution in [2.45, 2.75) is 24.7 Å². The second-order valence-corrected chi connectivity index (χ2v) is 7.97. The minimum atomic E-state index is -0.658. The van der Waals surface area contributed by atoms with Gasteiger partial charge in [-0.3, -0.25) is 14.6 Å². The molecule has 4 heterocycles. The summed E-state index contributed by atoms with van der Waals surface area (Å²) in [6.45, 7) is 1.54. The standard InChI is InChI=1S/C23H23N3O3/c27-21(25-14-17-7-4-11-24-13-17)19-18-8-10-23(29-18)15-26(22(28)20(19)23)12-9-16-5-2-1-3-6-16/h1-8,10-11,13,18-20H,9,12,14-15H2,(H,25,27)/t18-,19+,20+,23-/m0/s1. The van der Waals surface area contributed by atoms with Crippen molar-refractivity contribution < 1.29 is 14.3 Å². The highest BCUT2D eigenvalue weighted by Crippen LogP contribution is 2.51. The van der Waals surface area contributed by atoms with E-state index in [1.165, 1.54) is 5.56 Å². The number of carbonyl (C=O) groups is 2. The molecule has 4 atom stereocenters. The van der Waals surface area contributed by atoms with Crippen LogP contribution in [-0.4, -0.2) is 46.5 Å². The SMILES string of the molecule is O=C(NCc1cccnc1)[C@@H]1[C@@H]2C=C[C@@]3(CN(CCc4ccccc4)C(=O)[C@@H]13)O2. The molecule has 0 unspecified atom stereocenters. The Kier molecular flexibility index (Phi) is 4.43. The fraction of sp³-hybridized carbons (Fsp3) is 0.348. The first-order valence-electron chi connectivity index (χ1n) is 10.0. The van der Waals surface area contributed by atoms with E-state index < -0.39 is 17.4 Å². The molecule has 3 aliphatic rings. The number of hydrogen-bond donors (Lipinski definition) is 1. The zero-order chi connectivity index (χ0) is 19.8. The minimum absolute atomic E-state index is 0.0225. The van der Waals surface area contributed by atoms with E-state index in [2.05, 4.69) is 22.4 Å². The highest BCUT2D eigenvalue weighted by Gasteiger charge is 2.66. The molecule has 2 saturated heterocycles. The number of fused-ring (bicyclic) bond motifs is 1. The monoisotopic (exact) mass is 389 g/mol. The minimum Gasteiger partial charge on any atom is -0.360 e. The van der Waals surface area contributed by atoms with Crippen LogP contribution in [0.4, 0.5) is 0 Å². The van der Waals surface area contributed by atoms with Crippen LogP contribution in [0.2, 0.25) is 0 Å². The van der Waals surface area contributed by atoms with E-state index in [0.29, 0.717) is 19.6 Å². The van der Waals surface area contributed by atoms with Gasteiger partial charge in [0.2, 0.25) is 11.8 Å². The van der Waals surface area contributed by atoms with Crippen LogP contribution in [0.3, 0.4) is 0 Å². The Bertz CT molecular complexity index is 946. The second-order valence-electron chi connectivity index (χ2n) is 7.97. The van der Waals surface area contributed by atoms with Crippen LogP contribution in [0.5, 0.6) is 0 Å². The van der Waals surface area contributed by atoms with Crippen molar-refractivity contribution >= 4 is 11.8 Å². The lowest BCUT2D eigenvalue weighted by Crippen LogP contribution is -2.44. The number of nitrogens with zero attached hydrogens (tertiary/aromatic N) is 2. The number of aromatic nitrogens is 1. The summed E-state index contributed by atoms with van der Waals surface area (Å²) in [5, 5.41) is 2.96. The molecular formula is C23H23N3O3. The van der Waals surface area contributed by atoms with Gasteiger partial charge in [0.1, 0.15) is 5.60 Å². The zero-order valence-corrected chi connectivity index (χ0v) is 16.0. The first kappa shape index (κ1) is 18.1. The van der Waals surface area contributed by atoms with Gasteiger partial charge in [0.05, 0.1) is 24.5 Å². The van der Waals surface area contributed by atoms with Crippen molar-refractivity contribution in [1.82, 2.24) is 15.2 Å². The van der Waals surface area contributed by atoms with Crippen LogP contribution >= 0.6 is 0 Å². The molecule has 1 aromatic carbocycles. The average Bonchev–Trinajstić information content (AvgIpc) is 3.40. The van der Waals surface area contributed by atoms with Crippen molar-refractivity contribution in [3.05, 3.63) is 78.1 Å². The molecule has 0 saturated carbocycles. The maximum absolute atomic E-state index is 13.2. The van der Waals surface area contributed by atoms with E-state index in [9.17, 15) is 9.59 Å². The van der Waals surface area contributed by atoms with Gasteiger partial charge in [0.15, 0.2) is 0 Å². The fourth-order valence-corrected chi connectivity index (χ4v) is 4.79. The number of nitrogens with one attached hydrogen (secondary N) is 1. The van der Waals surface area contributed by atoms with Crippen molar-refractivity contribution in [3.8, 4) is 0 Å². The number of likely N-dealkylation sites (tertiary alicyclic amines) is 1.